The fourth-order valence-electron chi connectivity index (χ4n) is 2.98. The van der Waals surface area contributed by atoms with Gasteiger partial charge in [-0.25, -0.2) is 0 Å². The van der Waals surface area contributed by atoms with Gasteiger partial charge in [0.05, 0.1) is 11.3 Å². The molecule has 1 N–H and O–H groups in total. The van der Waals surface area contributed by atoms with E-state index in [-0.39, 0.29) is 5.92 Å². The zero-order chi connectivity index (χ0) is 15.4. The zero-order valence-electron chi connectivity index (χ0n) is 12.6. The SMILES string of the molecule is CC(C)c1c(C(C)(C)O)n2cnnc2c2ccc(Br)cc12. The number of benzene rings is 1. The second-order valence-corrected chi connectivity index (χ2v) is 7.11. The molecule has 0 spiro atoms. The molecule has 0 bridgehead atoms. The van der Waals surface area contributed by atoms with Gasteiger partial charge in [0.1, 0.15) is 6.33 Å². The molecular weight excluding hydrogens is 330 g/mol. The van der Waals surface area contributed by atoms with E-state index in [9.17, 15) is 5.11 Å². The van der Waals surface area contributed by atoms with Crippen LogP contribution in [0.25, 0.3) is 16.4 Å². The molecule has 0 radical (unpaired) electrons. The first-order chi connectivity index (χ1) is 9.80. The Bertz CT molecular complexity index is 831. The van der Waals surface area contributed by atoms with E-state index in [0.717, 1.165) is 32.1 Å². The van der Waals surface area contributed by atoms with E-state index in [0.29, 0.717) is 0 Å². The van der Waals surface area contributed by atoms with Gasteiger partial charge in [-0.2, -0.15) is 0 Å². The van der Waals surface area contributed by atoms with Crippen LogP contribution in [0.4, 0.5) is 0 Å². The van der Waals surface area contributed by atoms with Crippen molar-refractivity contribution in [2.24, 2.45) is 0 Å². The van der Waals surface area contributed by atoms with Gasteiger partial charge in [0.25, 0.3) is 0 Å². The van der Waals surface area contributed by atoms with Crippen LogP contribution in [0.1, 0.15) is 44.9 Å². The van der Waals surface area contributed by atoms with Crippen molar-refractivity contribution in [3.63, 3.8) is 0 Å². The quantitative estimate of drug-likeness (QED) is 0.762. The van der Waals surface area contributed by atoms with Crippen molar-refractivity contribution < 1.29 is 5.11 Å². The highest BCUT2D eigenvalue weighted by Gasteiger charge is 2.28. The number of pyridine rings is 1. The molecule has 2 aromatic heterocycles. The van der Waals surface area contributed by atoms with Crippen LogP contribution in [0.2, 0.25) is 0 Å². The van der Waals surface area contributed by atoms with Crippen LogP contribution in [0, 0.1) is 0 Å². The van der Waals surface area contributed by atoms with Gasteiger partial charge in [-0.3, -0.25) is 4.40 Å². The highest BCUT2D eigenvalue weighted by molar-refractivity contribution is 9.10. The van der Waals surface area contributed by atoms with Gasteiger partial charge in [0.2, 0.25) is 0 Å². The van der Waals surface area contributed by atoms with Crippen LogP contribution in [0.15, 0.2) is 29.0 Å². The Morgan fingerprint density at radius 3 is 2.57 bits per heavy atom. The van der Waals surface area contributed by atoms with Gasteiger partial charge in [-0.1, -0.05) is 29.8 Å². The number of hydrogen-bond acceptors (Lipinski definition) is 3. The summed E-state index contributed by atoms with van der Waals surface area (Å²) in [7, 11) is 0. The number of hydrogen-bond donors (Lipinski definition) is 1. The molecule has 0 aliphatic rings. The summed E-state index contributed by atoms with van der Waals surface area (Å²) in [4.78, 5) is 0. The molecule has 1 aromatic carbocycles. The van der Waals surface area contributed by atoms with Crippen molar-refractivity contribution in [2.75, 3.05) is 0 Å². The Hall–Kier alpha value is -1.46. The Kier molecular flexibility index (Phi) is 3.30. The van der Waals surface area contributed by atoms with Gasteiger partial charge in [0, 0.05) is 9.86 Å². The second kappa shape index (κ2) is 4.78. The maximum absolute atomic E-state index is 10.7. The van der Waals surface area contributed by atoms with Gasteiger partial charge in [-0.15, -0.1) is 10.2 Å². The molecule has 0 aliphatic heterocycles. The van der Waals surface area contributed by atoms with Crippen LogP contribution in [0.5, 0.6) is 0 Å². The molecule has 0 aliphatic carbocycles. The lowest BCUT2D eigenvalue weighted by Crippen LogP contribution is -2.23. The van der Waals surface area contributed by atoms with Crippen molar-refractivity contribution in [2.45, 2.75) is 39.2 Å². The summed E-state index contributed by atoms with van der Waals surface area (Å²) in [5.74, 6) is 0.273. The van der Waals surface area contributed by atoms with Crippen molar-refractivity contribution >= 4 is 32.3 Å². The lowest BCUT2D eigenvalue weighted by atomic mass is 9.88. The maximum atomic E-state index is 10.7. The topological polar surface area (TPSA) is 50.4 Å². The molecule has 5 heteroatoms. The highest BCUT2D eigenvalue weighted by Crippen LogP contribution is 2.37. The van der Waals surface area contributed by atoms with Gasteiger partial charge >= 0.3 is 0 Å². The monoisotopic (exact) mass is 347 g/mol. The molecule has 3 aromatic rings. The Morgan fingerprint density at radius 2 is 1.95 bits per heavy atom. The number of nitrogens with zero attached hydrogens (tertiary/aromatic N) is 3. The van der Waals surface area contributed by atoms with Gasteiger partial charge < -0.3 is 5.11 Å². The molecule has 0 saturated carbocycles. The molecular formula is C16H18BrN3O. The fourth-order valence-corrected chi connectivity index (χ4v) is 3.34. The lowest BCUT2D eigenvalue weighted by Gasteiger charge is -2.26. The number of aliphatic hydroxyl groups is 1. The summed E-state index contributed by atoms with van der Waals surface area (Å²) >= 11 is 3.54. The third kappa shape index (κ3) is 2.24. The number of rotatable bonds is 2. The fraction of sp³-hybridized carbons (Fsp3) is 0.375. The van der Waals surface area contributed by atoms with E-state index in [1.54, 1.807) is 20.2 Å². The summed E-state index contributed by atoms with van der Waals surface area (Å²) in [5, 5.41) is 21.1. The molecule has 0 saturated heterocycles. The number of aromatic nitrogens is 3. The molecule has 0 atom stereocenters. The molecule has 0 fully saturated rings. The molecule has 21 heavy (non-hydrogen) atoms. The van der Waals surface area contributed by atoms with Gasteiger partial charge in [-0.05, 0) is 48.9 Å². The Labute approximate surface area is 131 Å². The van der Waals surface area contributed by atoms with Crippen LogP contribution in [-0.4, -0.2) is 19.7 Å². The zero-order valence-corrected chi connectivity index (χ0v) is 14.1. The van der Waals surface area contributed by atoms with Crippen molar-refractivity contribution in [3.05, 3.63) is 40.3 Å². The molecule has 2 heterocycles. The van der Waals surface area contributed by atoms with Crippen molar-refractivity contribution in [3.8, 4) is 0 Å². The second-order valence-electron chi connectivity index (χ2n) is 6.19. The van der Waals surface area contributed by atoms with Gasteiger partial charge in [0.15, 0.2) is 5.65 Å². The standard InChI is InChI=1S/C16H18BrN3O/c1-9(2)13-12-7-10(17)5-6-11(12)15-19-18-8-20(15)14(13)16(3,4)21/h5-9,21H,1-4H3. The van der Waals surface area contributed by atoms with Crippen molar-refractivity contribution in [1.29, 1.82) is 0 Å². The number of halogens is 1. The summed E-state index contributed by atoms with van der Waals surface area (Å²) < 4.78 is 2.92. The molecule has 4 nitrogen and oxygen atoms in total. The summed E-state index contributed by atoms with van der Waals surface area (Å²) in [6.07, 6.45) is 1.68. The van der Waals surface area contributed by atoms with E-state index < -0.39 is 5.60 Å². The average molecular weight is 348 g/mol. The summed E-state index contributed by atoms with van der Waals surface area (Å²) in [6.45, 7) is 7.89. The predicted molar refractivity (Wildman–Crippen MR) is 87.5 cm³/mol. The van der Waals surface area contributed by atoms with E-state index >= 15 is 0 Å². The maximum Gasteiger partial charge on any atom is 0.168 e. The Morgan fingerprint density at radius 1 is 1.24 bits per heavy atom. The first-order valence-corrected chi connectivity index (χ1v) is 7.77. The molecule has 0 amide bonds. The molecule has 110 valence electrons. The minimum Gasteiger partial charge on any atom is -0.384 e. The van der Waals surface area contributed by atoms with Crippen LogP contribution in [-0.2, 0) is 5.60 Å². The molecule has 0 unspecified atom stereocenters. The Balaban J connectivity index is 2.63. The van der Waals surface area contributed by atoms with Crippen LogP contribution < -0.4 is 0 Å². The lowest BCUT2D eigenvalue weighted by molar-refractivity contribution is 0.0714. The van der Waals surface area contributed by atoms with E-state index in [2.05, 4.69) is 46.0 Å². The predicted octanol–water partition coefficient (Wildman–Crippen LogP) is 4.00. The average Bonchev–Trinajstić information content (AvgIpc) is 2.83. The minimum atomic E-state index is -0.975. The smallest absolute Gasteiger partial charge is 0.168 e. The third-order valence-corrected chi connectivity index (χ3v) is 4.21. The first-order valence-electron chi connectivity index (χ1n) is 6.98. The largest absolute Gasteiger partial charge is 0.384 e. The first kappa shape index (κ1) is 14.5. The normalized spacial score (nSPS) is 12.7. The molecule has 3 rings (SSSR count). The van der Waals surface area contributed by atoms with E-state index in [4.69, 9.17) is 0 Å². The van der Waals surface area contributed by atoms with E-state index in [1.807, 2.05) is 16.5 Å². The minimum absolute atomic E-state index is 0.273. The van der Waals surface area contributed by atoms with Crippen LogP contribution in [0.3, 0.4) is 0 Å². The third-order valence-electron chi connectivity index (χ3n) is 3.71. The van der Waals surface area contributed by atoms with E-state index in [1.165, 1.54) is 0 Å². The highest BCUT2D eigenvalue weighted by atomic mass is 79.9. The van der Waals surface area contributed by atoms with Crippen LogP contribution >= 0.6 is 15.9 Å². The summed E-state index contributed by atoms with van der Waals surface area (Å²) in [6, 6.07) is 6.14. The summed E-state index contributed by atoms with van der Waals surface area (Å²) in [5.41, 5.74) is 1.78. The number of fused-ring (bicyclic) bond motifs is 3. The van der Waals surface area contributed by atoms with Crippen molar-refractivity contribution in [1.82, 2.24) is 14.6 Å².